The maximum absolute atomic E-state index is 5.81. The van der Waals surface area contributed by atoms with E-state index < -0.39 is 0 Å². The third-order valence-corrected chi connectivity index (χ3v) is 3.41. The van der Waals surface area contributed by atoms with Crippen LogP contribution in [0.2, 0.25) is 0 Å². The summed E-state index contributed by atoms with van der Waals surface area (Å²) in [6.45, 7) is 3.34. The van der Waals surface area contributed by atoms with Crippen molar-refractivity contribution in [2.24, 2.45) is 11.8 Å². The fourth-order valence-corrected chi connectivity index (χ4v) is 2.32. The summed E-state index contributed by atoms with van der Waals surface area (Å²) < 4.78 is 0. The summed E-state index contributed by atoms with van der Waals surface area (Å²) >= 11 is 0. The molecule has 0 radical (unpaired) electrons. The minimum absolute atomic E-state index is 0.739. The molecule has 1 aliphatic rings. The van der Waals surface area contributed by atoms with Crippen molar-refractivity contribution in [2.45, 2.75) is 26.2 Å². The zero-order valence-electron chi connectivity index (χ0n) is 9.24. The average Bonchev–Trinajstić information content (AvgIpc) is 2.63. The fraction of sp³-hybridized carbons (Fsp3) is 0.583. The van der Waals surface area contributed by atoms with E-state index in [1.165, 1.54) is 19.3 Å². The summed E-state index contributed by atoms with van der Waals surface area (Å²) in [4.78, 5) is 4.23. The molecule has 2 rings (SSSR count). The van der Waals surface area contributed by atoms with Crippen LogP contribution in [0.3, 0.4) is 0 Å². The molecule has 3 N–H and O–H groups in total. The number of rotatable bonds is 3. The molecule has 3 heteroatoms. The molecule has 1 saturated carbocycles. The molecule has 2 unspecified atom stereocenters. The topological polar surface area (TPSA) is 50.9 Å². The van der Waals surface area contributed by atoms with E-state index in [-0.39, 0.29) is 0 Å². The lowest BCUT2D eigenvalue weighted by molar-refractivity contribution is 0.439. The first-order chi connectivity index (χ1) is 7.27. The Bertz CT molecular complexity index is 324. The van der Waals surface area contributed by atoms with E-state index in [1.807, 2.05) is 12.1 Å². The van der Waals surface area contributed by atoms with Gasteiger partial charge in [0.2, 0.25) is 0 Å². The second-order valence-corrected chi connectivity index (χ2v) is 4.49. The molecule has 15 heavy (non-hydrogen) atoms. The highest BCUT2D eigenvalue weighted by molar-refractivity contribution is 5.60. The van der Waals surface area contributed by atoms with Crippen molar-refractivity contribution in [1.82, 2.24) is 4.98 Å². The molecule has 0 amide bonds. The fourth-order valence-electron chi connectivity index (χ4n) is 2.32. The van der Waals surface area contributed by atoms with Crippen LogP contribution in [0.15, 0.2) is 18.3 Å². The first kappa shape index (κ1) is 10.3. The Balaban J connectivity index is 1.90. The van der Waals surface area contributed by atoms with E-state index >= 15 is 0 Å². The summed E-state index contributed by atoms with van der Waals surface area (Å²) in [7, 11) is 0. The molecular formula is C12H19N3. The van der Waals surface area contributed by atoms with Crippen molar-refractivity contribution in [3.05, 3.63) is 18.3 Å². The third kappa shape index (κ3) is 2.41. The molecule has 0 aromatic carbocycles. The summed E-state index contributed by atoms with van der Waals surface area (Å²) in [6.07, 6.45) is 5.84. The van der Waals surface area contributed by atoms with Crippen LogP contribution in [0.5, 0.6) is 0 Å². The highest BCUT2D eigenvalue weighted by Crippen LogP contribution is 2.31. The highest BCUT2D eigenvalue weighted by atomic mass is 15.0. The standard InChI is InChI=1S/C12H19N3/c1-9-4-2-5-10(9)8-15-12-11(13)6-3-7-14-12/h3,6-7,9-10H,2,4-5,8,13H2,1H3,(H,14,15). The number of nitrogens with one attached hydrogen (secondary N) is 1. The molecule has 0 saturated heterocycles. The van der Waals surface area contributed by atoms with Crippen LogP contribution in [0.25, 0.3) is 0 Å². The molecular weight excluding hydrogens is 186 g/mol. The number of hydrogen-bond donors (Lipinski definition) is 2. The lowest BCUT2D eigenvalue weighted by Crippen LogP contribution is -2.17. The molecule has 3 nitrogen and oxygen atoms in total. The van der Waals surface area contributed by atoms with Crippen molar-refractivity contribution in [3.8, 4) is 0 Å². The van der Waals surface area contributed by atoms with Crippen molar-refractivity contribution < 1.29 is 0 Å². The van der Waals surface area contributed by atoms with Gasteiger partial charge in [-0.3, -0.25) is 0 Å². The first-order valence-corrected chi connectivity index (χ1v) is 5.71. The zero-order chi connectivity index (χ0) is 10.7. The molecule has 0 aliphatic heterocycles. The number of hydrogen-bond acceptors (Lipinski definition) is 3. The van der Waals surface area contributed by atoms with Crippen molar-refractivity contribution in [3.63, 3.8) is 0 Å². The molecule has 2 atom stereocenters. The molecule has 0 bridgehead atoms. The van der Waals surface area contributed by atoms with Gasteiger partial charge in [-0.2, -0.15) is 0 Å². The second-order valence-electron chi connectivity index (χ2n) is 4.49. The Kier molecular flexibility index (Phi) is 3.09. The normalized spacial score (nSPS) is 25.4. The maximum atomic E-state index is 5.81. The van der Waals surface area contributed by atoms with Gasteiger partial charge in [0.1, 0.15) is 5.82 Å². The Hall–Kier alpha value is -1.25. The zero-order valence-corrected chi connectivity index (χ0v) is 9.24. The van der Waals surface area contributed by atoms with Gasteiger partial charge in [-0.15, -0.1) is 0 Å². The maximum Gasteiger partial charge on any atom is 0.149 e. The molecule has 1 aliphatic carbocycles. The molecule has 1 heterocycles. The van der Waals surface area contributed by atoms with Crippen LogP contribution in [0.1, 0.15) is 26.2 Å². The van der Waals surface area contributed by atoms with Crippen LogP contribution in [0.4, 0.5) is 11.5 Å². The van der Waals surface area contributed by atoms with Crippen LogP contribution in [0, 0.1) is 11.8 Å². The monoisotopic (exact) mass is 205 g/mol. The Morgan fingerprint density at radius 1 is 1.53 bits per heavy atom. The van der Waals surface area contributed by atoms with Gasteiger partial charge >= 0.3 is 0 Å². The van der Waals surface area contributed by atoms with Crippen molar-refractivity contribution in [2.75, 3.05) is 17.6 Å². The van der Waals surface area contributed by atoms with E-state index in [9.17, 15) is 0 Å². The lowest BCUT2D eigenvalue weighted by Gasteiger charge is -2.16. The first-order valence-electron chi connectivity index (χ1n) is 5.71. The second kappa shape index (κ2) is 4.51. The molecule has 0 spiro atoms. The van der Waals surface area contributed by atoms with Gasteiger partial charge in [0.15, 0.2) is 0 Å². The van der Waals surface area contributed by atoms with Crippen LogP contribution in [-0.4, -0.2) is 11.5 Å². The number of pyridine rings is 1. The average molecular weight is 205 g/mol. The van der Waals surface area contributed by atoms with E-state index in [1.54, 1.807) is 6.20 Å². The van der Waals surface area contributed by atoms with Gasteiger partial charge < -0.3 is 11.1 Å². The molecule has 1 aromatic heterocycles. The van der Waals surface area contributed by atoms with Gasteiger partial charge in [0.05, 0.1) is 5.69 Å². The van der Waals surface area contributed by atoms with Crippen molar-refractivity contribution >= 4 is 11.5 Å². The number of aromatic nitrogens is 1. The summed E-state index contributed by atoms with van der Waals surface area (Å²) in [5.41, 5.74) is 6.55. The number of nitrogens with two attached hydrogens (primary N) is 1. The predicted octanol–water partition coefficient (Wildman–Crippen LogP) is 2.51. The molecule has 1 fully saturated rings. The molecule has 1 aromatic rings. The molecule has 82 valence electrons. The highest BCUT2D eigenvalue weighted by Gasteiger charge is 2.22. The minimum atomic E-state index is 0.739. The van der Waals surface area contributed by atoms with Crippen molar-refractivity contribution in [1.29, 1.82) is 0 Å². The van der Waals surface area contributed by atoms with Crippen LogP contribution >= 0.6 is 0 Å². The lowest BCUT2D eigenvalue weighted by atomic mass is 9.98. The minimum Gasteiger partial charge on any atom is -0.396 e. The van der Waals surface area contributed by atoms with E-state index in [0.717, 1.165) is 29.9 Å². The van der Waals surface area contributed by atoms with Gasteiger partial charge in [-0.1, -0.05) is 19.8 Å². The number of nitrogens with zero attached hydrogens (tertiary/aromatic N) is 1. The number of anilines is 2. The van der Waals surface area contributed by atoms with Crippen LogP contribution < -0.4 is 11.1 Å². The Morgan fingerprint density at radius 2 is 2.40 bits per heavy atom. The van der Waals surface area contributed by atoms with Gasteiger partial charge in [0.25, 0.3) is 0 Å². The largest absolute Gasteiger partial charge is 0.396 e. The Morgan fingerprint density at radius 3 is 3.07 bits per heavy atom. The van der Waals surface area contributed by atoms with E-state index in [4.69, 9.17) is 5.73 Å². The van der Waals surface area contributed by atoms with Gasteiger partial charge in [-0.25, -0.2) is 4.98 Å². The smallest absolute Gasteiger partial charge is 0.149 e. The van der Waals surface area contributed by atoms with Gasteiger partial charge in [0, 0.05) is 12.7 Å². The third-order valence-electron chi connectivity index (χ3n) is 3.41. The Labute approximate surface area is 91.1 Å². The number of nitrogen functional groups attached to an aromatic ring is 1. The summed E-state index contributed by atoms with van der Waals surface area (Å²) in [5.74, 6) is 2.45. The quantitative estimate of drug-likeness (QED) is 0.797. The summed E-state index contributed by atoms with van der Waals surface area (Å²) in [6, 6.07) is 3.74. The SMILES string of the molecule is CC1CCCC1CNc1ncccc1N. The predicted molar refractivity (Wildman–Crippen MR) is 63.6 cm³/mol. The van der Waals surface area contributed by atoms with Crippen LogP contribution in [-0.2, 0) is 0 Å². The van der Waals surface area contributed by atoms with Gasteiger partial charge in [-0.05, 0) is 30.4 Å². The van der Waals surface area contributed by atoms with E-state index in [2.05, 4.69) is 17.2 Å². The van der Waals surface area contributed by atoms with E-state index in [0.29, 0.717) is 0 Å². The summed E-state index contributed by atoms with van der Waals surface area (Å²) in [5, 5.41) is 3.35.